The zero-order chi connectivity index (χ0) is 10.1. The summed E-state index contributed by atoms with van der Waals surface area (Å²) in [5.74, 6) is 0. The molecule has 5 N–H and O–H groups in total. The van der Waals surface area contributed by atoms with Crippen LogP contribution in [0.25, 0.3) is 0 Å². The lowest BCUT2D eigenvalue weighted by Crippen LogP contribution is -2.35. The van der Waals surface area contributed by atoms with Crippen LogP contribution in [-0.4, -0.2) is 19.2 Å². The second-order valence-electron chi connectivity index (χ2n) is 2.50. The number of unbranched alkanes of at least 4 members (excludes halogenated alkanes) is 1. The van der Waals surface area contributed by atoms with Crippen LogP contribution in [0.15, 0.2) is 0 Å². The minimum Gasteiger partial charge on any atom is -0.352 e. The van der Waals surface area contributed by atoms with Gasteiger partial charge in [-0.2, -0.15) is 0 Å². The van der Waals surface area contributed by atoms with Gasteiger partial charge in [0.15, 0.2) is 0 Å². The Hall–Kier alpha value is -0.160. The topological polar surface area (TPSA) is 79.2 Å². The highest BCUT2D eigenvalue weighted by Crippen LogP contribution is 2.05. The highest BCUT2D eigenvalue weighted by Gasteiger charge is 1.93. The van der Waals surface area contributed by atoms with Crippen molar-refractivity contribution in [1.82, 2.24) is 15.5 Å². The fourth-order valence-electron chi connectivity index (χ4n) is 0.653. The van der Waals surface area contributed by atoms with Gasteiger partial charge in [-0.1, -0.05) is 25.2 Å². The zero-order valence-corrected chi connectivity index (χ0v) is 9.54. The van der Waals surface area contributed by atoms with Crippen molar-refractivity contribution in [2.45, 2.75) is 19.8 Å². The molecule has 0 saturated carbocycles. The summed E-state index contributed by atoms with van der Waals surface area (Å²) in [4.78, 5) is 10.3. The Balaban J connectivity index is 3.25. The van der Waals surface area contributed by atoms with Gasteiger partial charge in [0.05, 0.1) is 13.7 Å². The van der Waals surface area contributed by atoms with Crippen LogP contribution in [-0.2, 0) is 11.8 Å². The van der Waals surface area contributed by atoms with Crippen LogP contribution in [0.5, 0.6) is 0 Å². The lowest BCUT2D eigenvalue weighted by Gasteiger charge is -2.08. The van der Waals surface area contributed by atoms with Crippen molar-refractivity contribution in [3.63, 3.8) is 0 Å². The van der Waals surface area contributed by atoms with E-state index in [0.29, 0.717) is 6.67 Å². The summed E-state index contributed by atoms with van der Waals surface area (Å²) >= 11 is 5.09. The minimum atomic E-state index is -1.14. The van der Waals surface area contributed by atoms with Crippen LogP contribution in [0.3, 0.4) is 0 Å². The monoisotopic (exact) mass is 224 g/mol. The molecule has 0 aromatic rings. The fraction of sp³-hybridized carbons (Fsp3) is 0.833. The molecule has 0 aliphatic carbocycles. The number of nitrogens with one attached hydrogen (secondary N) is 3. The molecule has 1 unspecified atom stereocenters. The number of carbonyl (C=O) groups is 1. The molecule has 5 nitrogen and oxygen atoms in total. The summed E-state index contributed by atoms with van der Waals surface area (Å²) in [7, 11) is 0. The van der Waals surface area contributed by atoms with Crippen LogP contribution in [0.4, 0.5) is 4.79 Å². The summed E-state index contributed by atoms with van der Waals surface area (Å²) < 4.78 is 0. The number of nitrogens with two attached hydrogens (primary N) is 1. The van der Waals surface area contributed by atoms with E-state index in [2.05, 4.69) is 22.4 Å². The van der Waals surface area contributed by atoms with Gasteiger partial charge in [-0.05, 0) is 6.42 Å². The summed E-state index contributed by atoms with van der Waals surface area (Å²) in [5, 5.41) is 8.55. The highest BCUT2D eigenvalue weighted by molar-refractivity contribution is 8.03. The summed E-state index contributed by atoms with van der Waals surface area (Å²) in [5.41, 5.74) is 4.87. The van der Waals surface area contributed by atoms with Gasteiger partial charge in [-0.3, -0.25) is 10.2 Å². The number of carbonyl (C=O) groups excluding carboxylic acids is 1. The zero-order valence-electron chi connectivity index (χ0n) is 7.72. The average molecular weight is 224 g/mol. The second-order valence-corrected chi connectivity index (χ2v) is 5.09. The molecule has 0 fully saturated rings. The largest absolute Gasteiger partial charge is 0.352 e. The Kier molecular flexibility index (Phi) is 8.33. The number of rotatable bonds is 7. The van der Waals surface area contributed by atoms with Crippen molar-refractivity contribution in [1.29, 1.82) is 0 Å². The first kappa shape index (κ1) is 12.8. The van der Waals surface area contributed by atoms with E-state index >= 15 is 0 Å². The van der Waals surface area contributed by atoms with E-state index < -0.39 is 13.0 Å². The predicted molar refractivity (Wildman–Crippen MR) is 59.3 cm³/mol. The van der Waals surface area contributed by atoms with Gasteiger partial charge in [-0.15, -0.1) is 0 Å². The van der Waals surface area contributed by atoms with E-state index in [0.717, 1.165) is 19.4 Å². The molecule has 0 aliphatic rings. The van der Waals surface area contributed by atoms with Gasteiger partial charge >= 0.3 is 6.03 Å². The first-order valence-electron chi connectivity index (χ1n) is 4.21. The van der Waals surface area contributed by atoms with E-state index in [1.807, 2.05) is 0 Å². The number of amides is 2. The van der Waals surface area contributed by atoms with Gasteiger partial charge in [0, 0.05) is 6.54 Å². The van der Waals surface area contributed by atoms with E-state index in [-0.39, 0.29) is 0 Å². The Morgan fingerprint density at radius 2 is 2.23 bits per heavy atom. The first-order valence-corrected chi connectivity index (χ1v) is 6.85. The summed E-state index contributed by atoms with van der Waals surface area (Å²) in [6.07, 6.45) is 2.27. The molecule has 0 saturated heterocycles. The van der Waals surface area contributed by atoms with Crippen LogP contribution < -0.4 is 21.2 Å². The average Bonchev–Trinajstić information content (AvgIpc) is 2.04. The third-order valence-corrected chi connectivity index (χ3v) is 3.26. The van der Waals surface area contributed by atoms with Crippen molar-refractivity contribution < 1.29 is 4.79 Å². The summed E-state index contributed by atoms with van der Waals surface area (Å²) in [6.45, 7) is 2.25. The maximum Gasteiger partial charge on any atom is 0.313 e. The van der Waals surface area contributed by atoms with Crippen molar-refractivity contribution in [2.75, 3.05) is 13.2 Å². The molecule has 0 bridgehead atoms. The molecule has 13 heavy (non-hydrogen) atoms. The molecular formula is C6H17N4OPS. The minimum absolute atomic E-state index is 0.340. The third kappa shape index (κ3) is 9.76. The molecular weight excluding hydrogens is 207 g/mol. The smallest absolute Gasteiger partial charge is 0.313 e. The molecule has 78 valence electrons. The Bertz CT molecular complexity index is 178. The highest BCUT2D eigenvalue weighted by atomic mass is 32.4. The maximum atomic E-state index is 10.3. The van der Waals surface area contributed by atoms with Gasteiger partial charge in [0.1, 0.15) is 0 Å². The van der Waals surface area contributed by atoms with Crippen molar-refractivity contribution in [2.24, 2.45) is 5.73 Å². The van der Waals surface area contributed by atoms with E-state index in [9.17, 15) is 4.79 Å². The third-order valence-electron chi connectivity index (χ3n) is 1.33. The predicted octanol–water partition coefficient (Wildman–Crippen LogP) is 0.0976. The SMILES string of the molecule is CCCCN[PH](=S)NCNC(N)=O. The molecule has 1 atom stereocenters. The molecule has 0 spiro atoms. The molecule has 0 rings (SSSR count). The molecule has 0 aliphatic heterocycles. The second kappa shape index (κ2) is 8.44. The van der Waals surface area contributed by atoms with Gasteiger partial charge in [0.2, 0.25) is 0 Å². The summed E-state index contributed by atoms with van der Waals surface area (Å²) in [6, 6.07) is -0.536. The first-order chi connectivity index (χ1) is 6.16. The number of primary amides is 1. The molecule has 0 radical (unpaired) electrons. The molecule has 0 heterocycles. The van der Waals surface area contributed by atoms with Crippen LogP contribution in [0, 0.1) is 0 Å². The number of hydrogen-bond acceptors (Lipinski definition) is 2. The normalized spacial score (nSPS) is 12.4. The van der Waals surface area contributed by atoms with E-state index in [1.54, 1.807) is 0 Å². The standard InChI is InChI=1S/C6H17N4OPS/c1-2-3-4-9-12(13)10-5-8-6(7)11/h12H,2-5H2,1H3,(H3,7,8,11)(H2,9,10,13). The van der Waals surface area contributed by atoms with Crippen molar-refractivity contribution >= 4 is 24.8 Å². The van der Waals surface area contributed by atoms with E-state index in [1.165, 1.54) is 0 Å². The van der Waals surface area contributed by atoms with Crippen molar-refractivity contribution in [3.8, 4) is 0 Å². The van der Waals surface area contributed by atoms with Gasteiger partial charge in [-0.25, -0.2) is 4.79 Å². The maximum absolute atomic E-state index is 10.3. The molecule has 0 aromatic carbocycles. The number of hydrogen-bond donors (Lipinski definition) is 4. The Labute approximate surface area is 84.4 Å². The Morgan fingerprint density at radius 3 is 2.77 bits per heavy atom. The van der Waals surface area contributed by atoms with E-state index in [4.69, 9.17) is 17.5 Å². The van der Waals surface area contributed by atoms with Crippen LogP contribution >= 0.6 is 7.00 Å². The van der Waals surface area contributed by atoms with Crippen molar-refractivity contribution in [3.05, 3.63) is 0 Å². The number of urea groups is 1. The molecule has 2 amide bonds. The lowest BCUT2D eigenvalue weighted by atomic mass is 10.3. The molecule has 0 aromatic heterocycles. The quantitative estimate of drug-likeness (QED) is 0.281. The lowest BCUT2D eigenvalue weighted by molar-refractivity contribution is 0.249. The Morgan fingerprint density at radius 1 is 1.54 bits per heavy atom. The van der Waals surface area contributed by atoms with Crippen LogP contribution in [0.2, 0.25) is 0 Å². The molecule has 7 heteroatoms. The van der Waals surface area contributed by atoms with Gasteiger partial charge in [0.25, 0.3) is 0 Å². The fourth-order valence-corrected chi connectivity index (χ4v) is 1.95. The van der Waals surface area contributed by atoms with Gasteiger partial charge < -0.3 is 11.1 Å². The van der Waals surface area contributed by atoms with Crippen LogP contribution in [0.1, 0.15) is 19.8 Å².